The fourth-order valence-electron chi connectivity index (χ4n) is 3.24. The summed E-state index contributed by atoms with van der Waals surface area (Å²) in [6.45, 7) is 2.04. The third kappa shape index (κ3) is 2.73. The molecule has 1 aromatic heterocycles. The molecule has 0 bridgehead atoms. The maximum atomic E-state index is 12.5. The van der Waals surface area contributed by atoms with E-state index < -0.39 is 0 Å². The molecule has 1 aromatic carbocycles. The third-order valence-electron chi connectivity index (χ3n) is 4.65. The highest BCUT2D eigenvalue weighted by atomic mass is 79.9. The van der Waals surface area contributed by atoms with Gasteiger partial charge >= 0.3 is 0 Å². The van der Waals surface area contributed by atoms with Crippen molar-refractivity contribution in [1.29, 1.82) is 0 Å². The van der Waals surface area contributed by atoms with Crippen LogP contribution in [-0.4, -0.2) is 57.5 Å². The van der Waals surface area contributed by atoms with Gasteiger partial charge in [0.15, 0.2) is 0 Å². The van der Waals surface area contributed by atoms with Crippen molar-refractivity contribution in [2.75, 3.05) is 19.6 Å². The monoisotopic (exact) mass is 388 g/mol. The van der Waals surface area contributed by atoms with E-state index in [9.17, 15) is 9.59 Å². The van der Waals surface area contributed by atoms with Gasteiger partial charge in [0.1, 0.15) is 5.69 Å². The van der Waals surface area contributed by atoms with Crippen LogP contribution in [0.4, 0.5) is 0 Å². The van der Waals surface area contributed by atoms with Gasteiger partial charge in [-0.2, -0.15) is 5.10 Å². The van der Waals surface area contributed by atoms with Crippen molar-refractivity contribution in [3.8, 4) is 11.3 Å². The lowest BCUT2D eigenvalue weighted by Gasteiger charge is -2.43. The van der Waals surface area contributed by atoms with E-state index in [2.05, 4.69) is 26.1 Å². The minimum Gasteiger partial charge on any atom is -0.336 e. The molecule has 6 nitrogen and oxygen atoms in total. The van der Waals surface area contributed by atoms with Gasteiger partial charge in [0.2, 0.25) is 5.91 Å². The molecule has 3 heterocycles. The summed E-state index contributed by atoms with van der Waals surface area (Å²) >= 11 is 3.40. The first-order valence-electron chi connectivity index (χ1n) is 8.02. The van der Waals surface area contributed by atoms with Crippen molar-refractivity contribution in [1.82, 2.24) is 20.0 Å². The molecular formula is C17H17BrN4O2. The number of aromatic amines is 1. The van der Waals surface area contributed by atoms with Crippen LogP contribution in [0.1, 0.15) is 23.3 Å². The molecule has 2 amide bonds. The summed E-state index contributed by atoms with van der Waals surface area (Å²) in [6.07, 6.45) is 1.57. The Morgan fingerprint density at radius 2 is 2.00 bits per heavy atom. The SMILES string of the molecule is O=C(c1cc(-c2ccc(Br)cc2)n[nH]1)N1CC(N2CCCC2=O)C1. The molecule has 2 saturated heterocycles. The summed E-state index contributed by atoms with van der Waals surface area (Å²) in [5, 5.41) is 7.06. The molecule has 0 radical (unpaired) electrons. The molecule has 124 valence electrons. The second-order valence-corrected chi connectivity index (χ2v) is 7.14. The lowest BCUT2D eigenvalue weighted by molar-refractivity contribution is -0.132. The largest absolute Gasteiger partial charge is 0.336 e. The molecule has 24 heavy (non-hydrogen) atoms. The average molecular weight is 389 g/mol. The Balaban J connectivity index is 1.41. The molecule has 2 fully saturated rings. The lowest BCUT2D eigenvalue weighted by Crippen LogP contribution is -2.61. The molecule has 7 heteroatoms. The quantitative estimate of drug-likeness (QED) is 0.876. The zero-order valence-electron chi connectivity index (χ0n) is 13.0. The average Bonchev–Trinajstić information content (AvgIpc) is 3.16. The summed E-state index contributed by atoms with van der Waals surface area (Å²) in [5.41, 5.74) is 2.19. The van der Waals surface area contributed by atoms with Gasteiger partial charge in [-0.15, -0.1) is 0 Å². The number of nitrogens with zero attached hydrogens (tertiary/aromatic N) is 3. The van der Waals surface area contributed by atoms with Crippen LogP contribution in [-0.2, 0) is 4.79 Å². The van der Waals surface area contributed by atoms with Gasteiger partial charge in [-0.3, -0.25) is 14.7 Å². The third-order valence-corrected chi connectivity index (χ3v) is 5.18. The maximum absolute atomic E-state index is 12.5. The van der Waals surface area contributed by atoms with Gasteiger partial charge in [0.05, 0.1) is 11.7 Å². The van der Waals surface area contributed by atoms with Gasteiger partial charge in [-0.1, -0.05) is 28.1 Å². The van der Waals surface area contributed by atoms with Crippen molar-refractivity contribution < 1.29 is 9.59 Å². The number of nitrogens with one attached hydrogen (secondary N) is 1. The van der Waals surface area contributed by atoms with Gasteiger partial charge < -0.3 is 9.80 Å². The van der Waals surface area contributed by atoms with E-state index in [1.54, 1.807) is 11.0 Å². The summed E-state index contributed by atoms with van der Waals surface area (Å²) in [5.74, 6) is 0.153. The Morgan fingerprint density at radius 3 is 2.67 bits per heavy atom. The predicted octanol–water partition coefficient (Wildman–Crippen LogP) is 2.29. The smallest absolute Gasteiger partial charge is 0.272 e. The number of likely N-dealkylation sites (tertiary alicyclic amines) is 2. The van der Waals surface area contributed by atoms with Gasteiger partial charge in [0.25, 0.3) is 5.91 Å². The highest BCUT2D eigenvalue weighted by Crippen LogP contribution is 2.24. The Morgan fingerprint density at radius 1 is 1.25 bits per heavy atom. The standard InChI is InChI=1S/C17H17BrN4O2/c18-12-5-3-11(4-6-12)14-8-15(20-19-14)17(24)21-9-13(10-21)22-7-1-2-16(22)23/h3-6,8,13H,1-2,7,9-10H2,(H,19,20). The summed E-state index contributed by atoms with van der Waals surface area (Å²) in [6, 6.07) is 9.75. The fraction of sp³-hybridized carbons (Fsp3) is 0.353. The van der Waals surface area contributed by atoms with E-state index in [1.165, 1.54) is 0 Å². The summed E-state index contributed by atoms with van der Waals surface area (Å²) in [4.78, 5) is 27.9. The molecule has 0 atom stereocenters. The van der Waals surface area contributed by atoms with E-state index in [-0.39, 0.29) is 17.9 Å². The van der Waals surface area contributed by atoms with Gasteiger partial charge in [-0.05, 0) is 24.6 Å². The Labute approximate surface area is 148 Å². The highest BCUT2D eigenvalue weighted by Gasteiger charge is 2.39. The Hall–Kier alpha value is -2.15. The van der Waals surface area contributed by atoms with Crippen molar-refractivity contribution >= 4 is 27.7 Å². The number of amides is 2. The molecule has 4 rings (SSSR count). The van der Waals surface area contributed by atoms with Gasteiger partial charge in [0, 0.05) is 36.1 Å². The molecule has 0 aliphatic carbocycles. The number of carbonyl (C=O) groups excluding carboxylic acids is 2. The predicted molar refractivity (Wildman–Crippen MR) is 92.4 cm³/mol. The number of H-pyrrole nitrogens is 1. The fourth-order valence-corrected chi connectivity index (χ4v) is 3.51. The van der Waals surface area contributed by atoms with Crippen LogP contribution < -0.4 is 0 Å². The van der Waals surface area contributed by atoms with E-state index in [1.807, 2.05) is 29.2 Å². The molecular weight excluding hydrogens is 372 g/mol. The molecule has 2 aliphatic rings. The van der Waals surface area contributed by atoms with Crippen LogP contribution >= 0.6 is 15.9 Å². The first-order valence-corrected chi connectivity index (χ1v) is 8.81. The van der Waals surface area contributed by atoms with E-state index >= 15 is 0 Å². The Kier molecular flexibility index (Phi) is 3.88. The highest BCUT2D eigenvalue weighted by molar-refractivity contribution is 9.10. The molecule has 2 aromatic rings. The second kappa shape index (κ2) is 6.05. The van der Waals surface area contributed by atoms with Gasteiger partial charge in [-0.25, -0.2) is 0 Å². The number of hydrogen-bond acceptors (Lipinski definition) is 3. The van der Waals surface area contributed by atoms with Crippen molar-refractivity contribution in [3.63, 3.8) is 0 Å². The van der Waals surface area contributed by atoms with Crippen LogP contribution in [0.2, 0.25) is 0 Å². The molecule has 0 spiro atoms. The summed E-state index contributed by atoms with van der Waals surface area (Å²) in [7, 11) is 0. The molecule has 1 N–H and O–H groups in total. The van der Waals surface area contributed by atoms with Crippen molar-refractivity contribution in [2.45, 2.75) is 18.9 Å². The van der Waals surface area contributed by atoms with Crippen molar-refractivity contribution in [3.05, 3.63) is 40.5 Å². The lowest BCUT2D eigenvalue weighted by atomic mass is 10.1. The topological polar surface area (TPSA) is 69.3 Å². The number of carbonyl (C=O) groups is 2. The molecule has 0 saturated carbocycles. The number of hydrogen-bond donors (Lipinski definition) is 1. The van der Waals surface area contributed by atoms with E-state index in [0.717, 1.165) is 28.7 Å². The number of halogens is 1. The normalized spacial score (nSPS) is 18.1. The van der Waals surface area contributed by atoms with Crippen molar-refractivity contribution in [2.24, 2.45) is 0 Å². The van der Waals surface area contributed by atoms with Crippen LogP contribution in [0.3, 0.4) is 0 Å². The zero-order chi connectivity index (χ0) is 16.7. The minimum atomic E-state index is -0.0613. The second-order valence-electron chi connectivity index (χ2n) is 6.23. The first-order chi connectivity index (χ1) is 11.6. The van der Waals surface area contributed by atoms with Crippen LogP contribution in [0.25, 0.3) is 11.3 Å². The van der Waals surface area contributed by atoms with E-state index in [4.69, 9.17) is 0 Å². The zero-order valence-corrected chi connectivity index (χ0v) is 14.6. The van der Waals surface area contributed by atoms with E-state index in [0.29, 0.717) is 25.2 Å². The maximum Gasteiger partial charge on any atom is 0.272 e. The Bertz CT molecular complexity index is 780. The minimum absolute atomic E-state index is 0.0613. The first kappa shape index (κ1) is 15.4. The summed E-state index contributed by atoms with van der Waals surface area (Å²) < 4.78 is 1.00. The van der Waals surface area contributed by atoms with Crippen LogP contribution in [0, 0.1) is 0 Å². The number of aromatic nitrogens is 2. The molecule has 0 unspecified atom stereocenters. The van der Waals surface area contributed by atoms with Crippen LogP contribution in [0.5, 0.6) is 0 Å². The number of rotatable bonds is 3. The molecule has 2 aliphatic heterocycles. The van der Waals surface area contributed by atoms with Crippen LogP contribution in [0.15, 0.2) is 34.8 Å². The number of benzene rings is 1.